The molecule has 0 aliphatic rings. The van der Waals surface area contributed by atoms with Crippen molar-refractivity contribution < 1.29 is 27.5 Å². The second-order valence-corrected chi connectivity index (χ2v) is 5.41. The van der Waals surface area contributed by atoms with Crippen molar-refractivity contribution >= 4 is 17.4 Å². The fraction of sp³-hybridized carbons (Fsp3) is 0.222. The number of ketones is 1. The number of ether oxygens (including phenoxy) is 1. The van der Waals surface area contributed by atoms with Gasteiger partial charge in [0.15, 0.2) is 11.9 Å². The molecular formula is C18H16F3NO3. The van der Waals surface area contributed by atoms with Crippen molar-refractivity contribution in [1.82, 2.24) is 0 Å². The van der Waals surface area contributed by atoms with Gasteiger partial charge in [-0.2, -0.15) is 13.2 Å². The van der Waals surface area contributed by atoms with E-state index in [1.54, 1.807) is 18.2 Å². The zero-order valence-electron chi connectivity index (χ0n) is 13.6. The summed E-state index contributed by atoms with van der Waals surface area (Å²) in [7, 11) is 0. The van der Waals surface area contributed by atoms with E-state index in [1.807, 2.05) is 0 Å². The molecule has 0 bridgehead atoms. The normalized spacial score (nSPS) is 12.4. The SMILES string of the molecule is CC(=O)c1cccc(OC(C)C(=O)Nc2cccc(C(F)(F)F)c2)c1. The van der Waals surface area contributed by atoms with Gasteiger partial charge >= 0.3 is 6.18 Å². The third-order valence-corrected chi connectivity index (χ3v) is 3.38. The Hall–Kier alpha value is -2.83. The van der Waals surface area contributed by atoms with Gasteiger partial charge in [-0.1, -0.05) is 18.2 Å². The predicted octanol–water partition coefficient (Wildman–Crippen LogP) is 4.31. The Morgan fingerprint density at radius 1 is 1.08 bits per heavy atom. The first kappa shape index (κ1) is 18.5. The Bertz CT molecular complexity index is 787. The van der Waals surface area contributed by atoms with Crippen LogP contribution in [0.2, 0.25) is 0 Å². The largest absolute Gasteiger partial charge is 0.481 e. The molecule has 1 N–H and O–H groups in total. The quantitative estimate of drug-likeness (QED) is 0.817. The molecule has 0 saturated heterocycles. The van der Waals surface area contributed by atoms with Crippen LogP contribution in [-0.2, 0) is 11.0 Å². The van der Waals surface area contributed by atoms with Crippen LogP contribution in [-0.4, -0.2) is 17.8 Å². The van der Waals surface area contributed by atoms with Gasteiger partial charge in [-0.3, -0.25) is 9.59 Å². The smallest absolute Gasteiger partial charge is 0.416 e. The van der Waals surface area contributed by atoms with Gasteiger partial charge in [0, 0.05) is 11.3 Å². The number of hydrogen-bond donors (Lipinski definition) is 1. The molecule has 0 fully saturated rings. The van der Waals surface area contributed by atoms with Gasteiger partial charge in [0.05, 0.1) is 5.56 Å². The van der Waals surface area contributed by atoms with Crippen LogP contribution in [0.1, 0.15) is 29.8 Å². The first-order chi connectivity index (χ1) is 11.7. The molecule has 0 aliphatic heterocycles. The van der Waals surface area contributed by atoms with E-state index in [-0.39, 0.29) is 11.5 Å². The van der Waals surface area contributed by atoms with E-state index >= 15 is 0 Å². The summed E-state index contributed by atoms with van der Waals surface area (Å²) in [5.74, 6) is -0.432. The monoisotopic (exact) mass is 351 g/mol. The van der Waals surface area contributed by atoms with Crippen molar-refractivity contribution in [3.63, 3.8) is 0 Å². The lowest BCUT2D eigenvalue weighted by Crippen LogP contribution is -2.30. The highest BCUT2D eigenvalue weighted by molar-refractivity contribution is 5.95. The first-order valence-corrected chi connectivity index (χ1v) is 7.42. The number of Topliss-reactive ketones (excluding diaryl/α,β-unsaturated/α-hetero) is 1. The molecule has 0 aliphatic carbocycles. The van der Waals surface area contributed by atoms with E-state index in [1.165, 1.54) is 32.0 Å². The highest BCUT2D eigenvalue weighted by Gasteiger charge is 2.30. The molecule has 2 rings (SSSR count). The lowest BCUT2D eigenvalue weighted by Gasteiger charge is -2.16. The van der Waals surface area contributed by atoms with E-state index in [2.05, 4.69) is 5.32 Å². The third kappa shape index (κ3) is 5.07. The van der Waals surface area contributed by atoms with Crippen LogP contribution in [0.25, 0.3) is 0 Å². The van der Waals surface area contributed by atoms with E-state index in [0.29, 0.717) is 11.3 Å². The maximum absolute atomic E-state index is 12.7. The summed E-state index contributed by atoms with van der Waals surface area (Å²) >= 11 is 0. The molecule has 1 unspecified atom stereocenters. The number of nitrogens with one attached hydrogen (secondary N) is 1. The van der Waals surface area contributed by atoms with Gasteiger partial charge in [-0.05, 0) is 44.2 Å². The zero-order chi connectivity index (χ0) is 18.6. The maximum Gasteiger partial charge on any atom is 0.416 e. The Morgan fingerprint density at radius 2 is 1.76 bits per heavy atom. The predicted molar refractivity (Wildman–Crippen MR) is 86.6 cm³/mol. The number of carbonyl (C=O) groups excluding carboxylic acids is 2. The average Bonchev–Trinajstić information content (AvgIpc) is 2.54. The Morgan fingerprint density at radius 3 is 2.40 bits per heavy atom. The highest BCUT2D eigenvalue weighted by Crippen LogP contribution is 2.30. The average molecular weight is 351 g/mol. The molecule has 0 heterocycles. The number of anilines is 1. The number of alkyl halides is 3. The lowest BCUT2D eigenvalue weighted by atomic mass is 10.1. The summed E-state index contributed by atoms with van der Waals surface area (Å²) in [6.45, 7) is 2.87. The standard InChI is InChI=1S/C18H16F3NO3/c1-11(23)13-5-3-8-16(9-13)25-12(2)17(24)22-15-7-4-6-14(10-15)18(19,20)21/h3-10,12H,1-2H3,(H,22,24). The van der Waals surface area contributed by atoms with Crippen LogP contribution in [0.15, 0.2) is 48.5 Å². The van der Waals surface area contributed by atoms with Crippen molar-refractivity contribution in [2.75, 3.05) is 5.32 Å². The van der Waals surface area contributed by atoms with Crippen LogP contribution in [0, 0.1) is 0 Å². The molecule has 1 atom stereocenters. The molecule has 7 heteroatoms. The molecule has 0 saturated carbocycles. The fourth-order valence-corrected chi connectivity index (χ4v) is 2.06. The molecule has 4 nitrogen and oxygen atoms in total. The van der Waals surface area contributed by atoms with E-state index in [9.17, 15) is 22.8 Å². The summed E-state index contributed by atoms with van der Waals surface area (Å²) < 4.78 is 43.5. The number of amides is 1. The molecule has 25 heavy (non-hydrogen) atoms. The number of rotatable bonds is 5. The summed E-state index contributed by atoms with van der Waals surface area (Å²) in [5, 5.41) is 2.38. The van der Waals surface area contributed by atoms with Gasteiger partial charge in [-0.15, -0.1) is 0 Å². The second-order valence-electron chi connectivity index (χ2n) is 5.41. The van der Waals surface area contributed by atoms with Gasteiger partial charge in [0.25, 0.3) is 5.91 Å². The Balaban J connectivity index is 2.06. The summed E-state index contributed by atoms with van der Waals surface area (Å²) in [4.78, 5) is 23.5. The second kappa shape index (κ2) is 7.38. The van der Waals surface area contributed by atoms with E-state index < -0.39 is 23.8 Å². The number of carbonyl (C=O) groups is 2. The number of benzene rings is 2. The fourth-order valence-electron chi connectivity index (χ4n) is 2.06. The summed E-state index contributed by atoms with van der Waals surface area (Å²) in [5.41, 5.74) is -0.399. The minimum Gasteiger partial charge on any atom is -0.481 e. The molecule has 132 valence electrons. The van der Waals surface area contributed by atoms with Crippen LogP contribution in [0.5, 0.6) is 5.75 Å². The van der Waals surface area contributed by atoms with Gasteiger partial charge in [-0.25, -0.2) is 0 Å². The van der Waals surface area contributed by atoms with Crippen LogP contribution in [0.4, 0.5) is 18.9 Å². The third-order valence-electron chi connectivity index (χ3n) is 3.38. The van der Waals surface area contributed by atoms with Crippen molar-refractivity contribution in [2.45, 2.75) is 26.1 Å². The summed E-state index contributed by atoms with van der Waals surface area (Å²) in [6, 6.07) is 10.6. The topological polar surface area (TPSA) is 55.4 Å². The van der Waals surface area contributed by atoms with Crippen molar-refractivity contribution in [1.29, 1.82) is 0 Å². The van der Waals surface area contributed by atoms with E-state index in [4.69, 9.17) is 4.74 Å². The zero-order valence-corrected chi connectivity index (χ0v) is 13.6. The van der Waals surface area contributed by atoms with Crippen LogP contribution in [0.3, 0.4) is 0 Å². The molecule has 2 aromatic carbocycles. The van der Waals surface area contributed by atoms with Gasteiger partial charge in [0.2, 0.25) is 0 Å². The van der Waals surface area contributed by atoms with Crippen LogP contribution < -0.4 is 10.1 Å². The van der Waals surface area contributed by atoms with Crippen molar-refractivity contribution in [3.8, 4) is 5.75 Å². The molecule has 0 radical (unpaired) electrons. The number of halogens is 3. The molecular weight excluding hydrogens is 335 g/mol. The number of hydrogen-bond acceptors (Lipinski definition) is 3. The molecule has 0 spiro atoms. The molecule has 2 aromatic rings. The van der Waals surface area contributed by atoms with Crippen molar-refractivity contribution in [3.05, 3.63) is 59.7 Å². The molecule has 1 amide bonds. The van der Waals surface area contributed by atoms with E-state index in [0.717, 1.165) is 12.1 Å². The molecule has 0 aromatic heterocycles. The first-order valence-electron chi connectivity index (χ1n) is 7.42. The summed E-state index contributed by atoms with van der Waals surface area (Å²) in [6.07, 6.45) is -5.45. The van der Waals surface area contributed by atoms with Gasteiger partial charge in [0.1, 0.15) is 5.75 Å². The van der Waals surface area contributed by atoms with Crippen LogP contribution >= 0.6 is 0 Å². The minimum atomic E-state index is -4.49. The minimum absolute atomic E-state index is 0.0211. The maximum atomic E-state index is 12.7. The Labute approximate surface area is 142 Å². The van der Waals surface area contributed by atoms with Gasteiger partial charge < -0.3 is 10.1 Å². The Kier molecular flexibility index (Phi) is 5.46. The highest BCUT2D eigenvalue weighted by atomic mass is 19.4. The lowest BCUT2D eigenvalue weighted by molar-refractivity contribution is -0.137. The van der Waals surface area contributed by atoms with Crippen molar-refractivity contribution in [2.24, 2.45) is 0 Å².